The van der Waals surface area contributed by atoms with Crippen LogP contribution < -0.4 is 0 Å². The summed E-state index contributed by atoms with van der Waals surface area (Å²) in [5, 5.41) is 0. The van der Waals surface area contributed by atoms with Gasteiger partial charge >= 0.3 is 0 Å². The Kier molecular flexibility index (Phi) is 5.78. The van der Waals surface area contributed by atoms with Crippen molar-refractivity contribution in [2.24, 2.45) is 0 Å². The third kappa shape index (κ3) is 4.74. The molecule has 1 amide bonds. The molecule has 4 heteroatoms. The van der Waals surface area contributed by atoms with Gasteiger partial charge in [-0.1, -0.05) is 30.3 Å². The molecule has 2 aromatic rings. The van der Waals surface area contributed by atoms with Crippen molar-refractivity contribution in [3.8, 4) is 0 Å². The highest BCUT2D eigenvalue weighted by molar-refractivity contribution is 5.78. The molecule has 0 N–H and O–H groups in total. The molecule has 0 fully saturated rings. The number of hydrogen-bond donors (Lipinski definition) is 0. The highest BCUT2D eigenvalue weighted by Gasteiger charge is 2.15. The minimum atomic E-state index is 0.136. The lowest BCUT2D eigenvalue weighted by molar-refractivity contribution is -0.132. The Bertz CT molecular complexity index is 592. The Morgan fingerprint density at radius 2 is 1.82 bits per heavy atom. The molecule has 0 aliphatic carbocycles. The van der Waals surface area contributed by atoms with Crippen molar-refractivity contribution in [3.05, 3.63) is 59.5 Å². The summed E-state index contributed by atoms with van der Waals surface area (Å²) in [7, 11) is 1.94. The summed E-state index contributed by atoms with van der Waals surface area (Å²) in [6.07, 6.45) is 0. The Morgan fingerprint density at radius 3 is 2.41 bits per heavy atom. The molecule has 0 atom stereocenters. The predicted octanol–water partition coefficient (Wildman–Crippen LogP) is 3.07. The van der Waals surface area contributed by atoms with E-state index >= 15 is 0 Å². The van der Waals surface area contributed by atoms with Crippen LogP contribution >= 0.6 is 0 Å². The first-order valence-corrected chi connectivity index (χ1v) is 7.64. The summed E-state index contributed by atoms with van der Waals surface area (Å²) in [5.74, 6) is 1.92. The van der Waals surface area contributed by atoms with E-state index in [1.165, 1.54) is 0 Å². The van der Waals surface area contributed by atoms with Crippen LogP contribution in [0.15, 0.2) is 46.9 Å². The summed E-state index contributed by atoms with van der Waals surface area (Å²) < 4.78 is 5.55. The summed E-state index contributed by atoms with van der Waals surface area (Å²) in [5.41, 5.74) is 1.15. The van der Waals surface area contributed by atoms with Crippen LogP contribution in [0.25, 0.3) is 0 Å². The maximum Gasteiger partial charge on any atom is 0.237 e. The summed E-state index contributed by atoms with van der Waals surface area (Å²) in [4.78, 5) is 16.3. The zero-order valence-corrected chi connectivity index (χ0v) is 13.6. The van der Waals surface area contributed by atoms with Crippen LogP contribution in [0.4, 0.5) is 0 Å². The van der Waals surface area contributed by atoms with Crippen LogP contribution in [0.5, 0.6) is 0 Å². The van der Waals surface area contributed by atoms with E-state index in [0.717, 1.165) is 17.1 Å². The number of benzene rings is 1. The lowest BCUT2D eigenvalue weighted by Gasteiger charge is -2.24. The van der Waals surface area contributed by atoms with Crippen molar-refractivity contribution in [1.82, 2.24) is 9.80 Å². The maximum absolute atomic E-state index is 12.4. The molecule has 0 aliphatic rings. The van der Waals surface area contributed by atoms with E-state index in [1.54, 1.807) is 0 Å². The Morgan fingerprint density at radius 1 is 1.09 bits per heavy atom. The Labute approximate surface area is 132 Å². The van der Waals surface area contributed by atoms with Crippen LogP contribution in [0, 0.1) is 6.92 Å². The number of likely N-dealkylation sites (N-methyl/N-ethyl adjacent to an activating group) is 2. The second-order valence-corrected chi connectivity index (χ2v) is 5.58. The van der Waals surface area contributed by atoms with Gasteiger partial charge in [0, 0.05) is 13.1 Å². The Hall–Kier alpha value is -2.07. The van der Waals surface area contributed by atoms with E-state index in [4.69, 9.17) is 4.42 Å². The van der Waals surface area contributed by atoms with Crippen LogP contribution in [0.3, 0.4) is 0 Å². The summed E-state index contributed by atoms with van der Waals surface area (Å²) in [6.45, 7) is 6.33. The summed E-state index contributed by atoms with van der Waals surface area (Å²) >= 11 is 0. The molecule has 1 aromatic carbocycles. The fourth-order valence-electron chi connectivity index (χ4n) is 2.40. The van der Waals surface area contributed by atoms with Gasteiger partial charge in [-0.25, -0.2) is 0 Å². The molecule has 0 unspecified atom stereocenters. The normalized spacial score (nSPS) is 10.9. The van der Waals surface area contributed by atoms with Gasteiger partial charge < -0.3 is 9.32 Å². The topological polar surface area (TPSA) is 36.7 Å². The van der Waals surface area contributed by atoms with Gasteiger partial charge in [0.1, 0.15) is 11.5 Å². The molecular formula is C18H24N2O2. The monoisotopic (exact) mass is 300 g/mol. The first kappa shape index (κ1) is 16.3. The SMILES string of the molecule is CCN(Cc1ccccc1)C(=O)CN(C)Cc1ccc(C)o1. The number of aryl methyl sites for hydroxylation is 1. The second-order valence-electron chi connectivity index (χ2n) is 5.58. The molecule has 1 heterocycles. The number of amides is 1. The molecule has 118 valence electrons. The molecule has 22 heavy (non-hydrogen) atoms. The third-order valence-electron chi connectivity index (χ3n) is 3.58. The molecule has 0 bridgehead atoms. The van der Waals surface area contributed by atoms with Gasteiger partial charge in [-0.3, -0.25) is 9.69 Å². The number of furan rings is 1. The van der Waals surface area contributed by atoms with Crippen molar-refractivity contribution in [2.75, 3.05) is 20.1 Å². The lowest BCUT2D eigenvalue weighted by atomic mass is 10.2. The zero-order valence-electron chi connectivity index (χ0n) is 13.6. The van der Waals surface area contributed by atoms with E-state index in [-0.39, 0.29) is 5.91 Å². The van der Waals surface area contributed by atoms with Crippen molar-refractivity contribution in [2.45, 2.75) is 26.9 Å². The molecule has 0 radical (unpaired) electrons. The van der Waals surface area contributed by atoms with Gasteiger partial charge in [0.25, 0.3) is 0 Å². The molecule has 2 rings (SSSR count). The van der Waals surface area contributed by atoms with E-state index < -0.39 is 0 Å². The minimum absolute atomic E-state index is 0.136. The van der Waals surface area contributed by atoms with Gasteiger partial charge in [0.05, 0.1) is 13.1 Å². The van der Waals surface area contributed by atoms with E-state index in [2.05, 4.69) is 0 Å². The van der Waals surface area contributed by atoms with Crippen LogP contribution in [0.2, 0.25) is 0 Å². The number of carbonyl (C=O) groups is 1. The van der Waals surface area contributed by atoms with Crippen LogP contribution in [0.1, 0.15) is 24.0 Å². The number of nitrogens with zero attached hydrogens (tertiary/aromatic N) is 2. The average molecular weight is 300 g/mol. The quantitative estimate of drug-likeness (QED) is 0.788. The van der Waals surface area contributed by atoms with Gasteiger partial charge in [-0.15, -0.1) is 0 Å². The second kappa shape index (κ2) is 7.80. The predicted molar refractivity (Wildman–Crippen MR) is 87.3 cm³/mol. The van der Waals surface area contributed by atoms with Gasteiger partial charge in [-0.2, -0.15) is 0 Å². The molecule has 0 aliphatic heterocycles. The molecule has 0 saturated carbocycles. The molecule has 1 aromatic heterocycles. The Balaban J connectivity index is 1.88. The van der Waals surface area contributed by atoms with Crippen molar-refractivity contribution in [1.29, 1.82) is 0 Å². The van der Waals surface area contributed by atoms with Crippen molar-refractivity contribution < 1.29 is 9.21 Å². The van der Waals surface area contributed by atoms with Gasteiger partial charge in [0.2, 0.25) is 5.91 Å². The molecule has 4 nitrogen and oxygen atoms in total. The zero-order chi connectivity index (χ0) is 15.9. The summed E-state index contributed by atoms with van der Waals surface area (Å²) in [6, 6.07) is 14.0. The lowest BCUT2D eigenvalue weighted by Crippen LogP contribution is -2.38. The average Bonchev–Trinajstić information content (AvgIpc) is 2.90. The highest BCUT2D eigenvalue weighted by atomic mass is 16.3. The van der Waals surface area contributed by atoms with E-state index in [0.29, 0.717) is 26.2 Å². The van der Waals surface area contributed by atoms with Crippen LogP contribution in [-0.4, -0.2) is 35.8 Å². The third-order valence-corrected chi connectivity index (χ3v) is 3.58. The minimum Gasteiger partial charge on any atom is -0.465 e. The van der Waals surface area contributed by atoms with Crippen LogP contribution in [-0.2, 0) is 17.9 Å². The molecule has 0 saturated heterocycles. The largest absolute Gasteiger partial charge is 0.465 e. The highest BCUT2D eigenvalue weighted by Crippen LogP contribution is 2.09. The van der Waals surface area contributed by atoms with Crippen molar-refractivity contribution in [3.63, 3.8) is 0 Å². The van der Waals surface area contributed by atoms with Crippen molar-refractivity contribution >= 4 is 5.91 Å². The molecule has 0 spiro atoms. The fourth-order valence-corrected chi connectivity index (χ4v) is 2.40. The first-order valence-electron chi connectivity index (χ1n) is 7.64. The van der Waals surface area contributed by atoms with E-state index in [1.807, 2.05) is 73.2 Å². The number of rotatable bonds is 7. The van der Waals surface area contributed by atoms with Gasteiger partial charge in [-0.05, 0) is 38.6 Å². The smallest absolute Gasteiger partial charge is 0.237 e. The molecular weight excluding hydrogens is 276 g/mol. The van der Waals surface area contributed by atoms with E-state index in [9.17, 15) is 4.79 Å². The number of hydrogen-bond acceptors (Lipinski definition) is 3. The van der Waals surface area contributed by atoms with Gasteiger partial charge in [0.15, 0.2) is 0 Å². The fraction of sp³-hybridized carbons (Fsp3) is 0.389. The maximum atomic E-state index is 12.4. The number of carbonyl (C=O) groups excluding carboxylic acids is 1. The standard InChI is InChI=1S/C18H24N2O2/c1-4-20(12-16-8-6-5-7-9-16)18(21)14-19(3)13-17-11-10-15(2)22-17/h5-11H,4,12-14H2,1-3H3. The first-order chi connectivity index (χ1) is 10.6.